The molecule has 0 aliphatic rings. The summed E-state index contributed by atoms with van der Waals surface area (Å²) in [6, 6.07) is 5.54. The summed E-state index contributed by atoms with van der Waals surface area (Å²) >= 11 is 5.88. The summed E-state index contributed by atoms with van der Waals surface area (Å²) in [4.78, 5) is 0. The average Bonchev–Trinajstić information content (AvgIpc) is 2.11. The van der Waals surface area contributed by atoms with Crippen LogP contribution in [0.2, 0.25) is 5.02 Å². The smallest absolute Gasteiger partial charge is 0.0739 e. The van der Waals surface area contributed by atoms with Gasteiger partial charge in [0.1, 0.15) is 0 Å². The van der Waals surface area contributed by atoms with Gasteiger partial charge < -0.3 is 11.1 Å². The molecule has 5 heteroatoms. The fraction of sp³-hybridized carbons (Fsp3) is 0.400. The van der Waals surface area contributed by atoms with E-state index in [0.717, 1.165) is 5.69 Å². The molecule has 0 saturated heterocycles. The second-order valence-corrected chi connectivity index (χ2v) is 5.37. The minimum Gasteiger partial charge on any atom is -0.396 e. The highest BCUT2D eigenvalue weighted by atomic mass is 35.5. The molecule has 3 N–H and O–H groups in total. The standard InChI is InChI=1S/C10H15ClN2OS/c1-7(6-15(2)14)13-9-5-3-4-8(11)10(9)12/h3-5,7,13H,6,12H2,1-2H3. The van der Waals surface area contributed by atoms with E-state index in [2.05, 4.69) is 5.32 Å². The lowest BCUT2D eigenvalue weighted by Crippen LogP contribution is -2.22. The summed E-state index contributed by atoms with van der Waals surface area (Å²) in [5.74, 6) is 0.589. The fourth-order valence-corrected chi connectivity index (χ4v) is 2.28. The summed E-state index contributed by atoms with van der Waals surface area (Å²) < 4.78 is 11.0. The van der Waals surface area contributed by atoms with Crippen LogP contribution in [-0.2, 0) is 10.8 Å². The van der Waals surface area contributed by atoms with Crippen LogP contribution in [-0.4, -0.2) is 22.3 Å². The Hall–Kier alpha value is -0.740. The molecule has 0 aromatic heterocycles. The van der Waals surface area contributed by atoms with Gasteiger partial charge in [-0.15, -0.1) is 0 Å². The van der Waals surface area contributed by atoms with Crippen LogP contribution in [0.25, 0.3) is 0 Å². The number of nitrogens with one attached hydrogen (secondary N) is 1. The van der Waals surface area contributed by atoms with E-state index in [9.17, 15) is 4.21 Å². The summed E-state index contributed by atoms with van der Waals surface area (Å²) in [7, 11) is -0.818. The molecular formula is C10H15ClN2OS. The summed E-state index contributed by atoms with van der Waals surface area (Å²) in [5, 5.41) is 3.71. The Labute approximate surface area is 97.5 Å². The number of halogens is 1. The summed E-state index contributed by atoms with van der Waals surface area (Å²) in [5.41, 5.74) is 7.12. The normalized spacial score (nSPS) is 14.6. The molecule has 15 heavy (non-hydrogen) atoms. The van der Waals surface area contributed by atoms with E-state index in [-0.39, 0.29) is 6.04 Å². The van der Waals surface area contributed by atoms with Gasteiger partial charge in [-0.05, 0) is 19.1 Å². The third-order valence-corrected chi connectivity index (χ3v) is 3.24. The van der Waals surface area contributed by atoms with Crippen LogP contribution in [0.15, 0.2) is 18.2 Å². The van der Waals surface area contributed by atoms with Gasteiger partial charge in [-0.1, -0.05) is 17.7 Å². The first kappa shape index (κ1) is 12.3. The number of benzene rings is 1. The van der Waals surface area contributed by atoms with Crippen LogP contribution in [0.5, 0.6) is 0 Å². The molecule has 3 nitrogen and oxygen atoms in total. The summed E-state index contributed by atoms with van der Waals surface area (Å²) in [6.45, 7) is 1.96. The van der Waals surface area contributed by atoms with Crippen LogP contribution in [0.1, 0.15) is 6.92 Å². The number of para-hydroxylation sites is 1. The molecule has 0 bridgehead atoms. The number of rotatable bonds is 4. The largest absolute Gasteiger partial charge is 0.396 e. The highest BCUT2D eigenvalue weighted by Gasteiger charge is 2.07. The Morgan fingerprint density at radius 3 is 2.87 bits per heavy atom. The van der Waals surface area contributed by atoms with E-state index >= 15 is 0 Å². The highest BCUT2D eigenvalue weighted by molar-refractivity contribution is 7.84. The lowest BCUT2D eigenvalue weighted by molar-refractivity contribution is 0.683. The maximum absolute atomic E-state index is 11.0. The van der Waals surface area contributed by atoms with Crippen molar-refractivity contribution >= 4 is 33.8 Å². The molecule has 2 atom stereocenters. The highest BCUT2D eigenvalue weighted by Crippen LogP contribution is 2.27. The predicted molar refractivity (Wildman–Crippen MR) is 67.9 cm³/mol. The Kier molecular flexibility index (Phi) is 4.42. The van der Waals surface area contributed by atoms with Crippen molar-refractivity contribution in [1.29, 1.82) is 0 Å². The molecule has 0 amide bonds. The average molecular weight is 247 g/mol. The Balaban J connectivity index is 2.72. The Bertz CT molecular complexity index is 370. The Morgan fingerprint density at radius 2 is 2.27 bits per heavy atom. The van der Waals surface area contributed by atoms with E-state index in [1.165, 1.54) is 0 Å². The van der Waals surface area contributed by atoms with E-state index in [4.69, 9.17) is 17.3 Å². The number of hydrogen-bond acceptors (Lipinski definition) is 3. The molecule has 0 aliphatic carbocycles. The van der Waals surface area contributed by atoms with Gasteiger partial charge in [0.15, 0.2) is 0 Å². The van der Waals surface area contributed by atoms with Crippen molar-refractivity contribution < 1.29 is 4.21 Å². The van der Waals surface area contributed by atoms with Gasteiger partial charge in [-0.25, -0.2) is 0 Å². The zero-order valence-electron chi connectivity index (χ0n) is 8.79. The molecular weight excluding hydrogens is 232 g/mol. The molecule has 0 spiro atoms. The topological polar surface area (TPSA) is 55.1 Å². The molecule has 1 aromatic rings. The lowest BCUT2D eigenvalue weighted by atomic mass is 10.2. The number of nitrogens with two attached hydrogens (primary N) is 1. The van der Waals surface area contributed by atoms with Crippen LogP contribution in [0, 0.1) is 0 Å². The SMILES string of the molecule is CC(CS(C)=O)Nc1cccc(Cl)c1N. The van der Waals surface area contributed by atoms with Crippen LogP contribution in [0.3, 0.4) is 0 Å². The van der Waals surface area contributed by atoms with Crippen molar-refractivity contribution in [3.63, 3.8) is 0 Å². The van der Waals surface area contributed by atoms with Crippen LogP contribution < -0.4 is 11.1 Å². The lowest BCUT2D eigenvalue weighted by Gasteiger charge is -2.16. The molecule has 0 radical (unpaired) electrons. The zero-order valence-corrected chi connectivity index (χ0v) is 10.4. The van der Waals surface area contributed by atoms with E-state index in [1.54, 1.807) is 12.3 Å². The van der Waals surface area contributed by atoms with Crippen molar-refractivity contribution in [3.8, 4) is 0 Å². The minimum atomic E-state index is -0.818. The van der Waals surface area contributed by atoms with Crippen LogP contribution >= 0.6 is 11.6 Å². The second-order valence-electron chi connectivity index (χ2n) is 3.49. The summed E-state index contributed by atoms with van der Waals surface area (Å²) in [6.07, 6.45) is 1.68. The quantitative estimate of drug-likeness (QED) is 0.800. The van der Waals surface area contributed by atoms with E-state index < -0.39 is 10.8 Å². The van der Waals surface area contributed by atoms with Gasteiger partial charge in [0.05, 0.1) is 16.4 Å². The molecule has 84 valence electrons. The van der Waals surface area contributed by atoms with Crippen molar-refractivity contribution in [2.24, 2.45) is 0 Å². The minimum absolute atomic E-state index is 0.108. The molecule has 0 aliphatic heterocycles. The zero-order chi connectivity index (χ0) is 11.4. The molecule has 0 fully saturated rings. The van der Waals surface area contributed by atoms with Gasteiger partial charge >= 0.3 is 0 Å². The molecule has 0 heterocycles. The third kappa shape index (κ3) is 3.72. The van der Waals surface area contributed by atoms with E-state index in [0.29, 0.717) is 16.5 Å². The third-order valence-electron chi connectivity index (χ3n) is 1.94. The second kappa shape index (κ2) is 5.37. The fourth-order valence-electron chi connectivity index (χ4n) is 1.32. The monoisotopic (exact) mass is 246 g/mol. The molecule has 2 unspecified atom stereocenters. The van der Waals surface area contributed by atoms with Crippen molar-refractivity contribution in [1.82, 2.24) is 0 Å². The van der Waals surface area contributed by atoms with Crippen molar-refractivity contribution in [2.75, 3.05) is 23.1 Å². The van der Waals surface area contributed by atoms with Gasteiger partial charge in [-0.3, -0.25) is 4.21 Å². The first-order valence-corrected chi connectivity index (χ1v) is 6.71. The van der Waals surface area contributed by atoms with Gasteiger partial charge in [0.2, 0.25) is 0 Å². The Morgan fingerprint density at radius 1 is 1.60 bits per heavy atom. The van der Waals surface area contributed by atoms with Crippen LogP contribution in [0.4, 0.5) is 11.4 Å². The predicted octanol–water partition coefficient (Wildman–Crippen LogP) is 2.10. The number of hydrogen-bond donors (Lipinski definition) is 2. The maximum atomic E-state index is 11.0. The first-order valence-electron chi connectivity index (χ1n) is 4.61. The van der Waals surface area contributed by atoms with Crippen molar-refractivity contribution in [3.05, 3.63) is 23.2 Å². The number of anilines is 2. The molecule has 1 rings (SSSR count). The van der Waals surface area contributed by atoms with Gasteiger partial charge in [0, 0.05) is 28.9 Å². The van der Waals surface area contributed by atoms with Gasteiger partial charge in [0.25, 0.3) is 0 Å². The van der Waals surface area contributed by atoms with Gasteiger partial charge in [-0.2, -0.15) is 0 Å². The molecule has 1 aromatic carbocycles. The van der Waals surface area contributed by atoms with E-state index in [1.807, 2.05) is 19.1 Å². The first-order chi connectivity index (χ1) is 7.00. The maximum Gasteiger partial charge on any atom is 0.0739 e. The number of nitrogen functional groups attached to an aromatic ring is 1. The molecule has 0 saturated carbocycles. The van der Waals surface area contributed by atoms with Crippen molar-refractivity contribution in [2.45, 2.75) is 13.0 Å².